The Morgan fingerprint density at radius 3 is 2.00 bits per heavy atom. The molecule has 0 saturated heterocycles. The van der Waals surface area contributed by atoms with Crippen LogP contribution in [-0.4, -0.2) is 48.7 Å². The van der Waals surface area contributed by atoms with Gasteiger partial charge in [0.1, 0.15) is 18.0 Å². The summed E-state index contributed by atoms with van der Waals surface area (Å²) in [4.78, 5) is 38.5. The summed E-state index contributed by atoms with van der Waals surface area (Å²) in [6, 6.07) is 21.6. The van der Waals surface area contributed by atoms with Crippen LogP contribution in [0.4, 0.5) is 8.78 Å². The molecule has 1 saturated carbocycles. The van der Waals surface area contributed by atoms with Crippen LogP contribution in [0, 0.1) is 11.8 Å². The zero-order valence-electron chi connectivity index (χ0n) is 27.8. The fourth-order valence-corrected chi connectivity index (χ4v) is 6.09. The van der Waals surface area contributed by atoms with Crippen LogP contribution in [0.2, 0.25) is 0 Å². The maximum atomic E-state index is 15.2. The molecule has 0 aromatic heterocycles. The average Bonchev–Trinajstić information content (AvgIpc) is 3.39. The smallest absolute Gasteiger partial charge is 0.338 e. The number of hydrogen-bond donors (Lipinski definition) is 0. The van der Waals surface area contributed by atoms with E-state index >= 15 is 8.78 Å². The summed E-state index contributed by atoms with van der Waals surface area (Å²) in [5.41, 5.74) is 0.614. The Hall–Kier alpha value is -3.83. The Labute approximate surface area is 308 Å². The van der Waals surface area contributed by atoms with E-state index in [-0.39, 0.29) is 24.9 Å². The molecule has 0 N–H and O–H groups in total. The standard InChI is InChI=1S/C39H40Br2F2O7/c1-26(2)48-36(44)13-9-4-3-8-12-32-33(22-23-39(42,43)25-47-31-10-6-5-7-11-31)35(50-38(46)28-16-20-30(41)21-17-28)24-34(32)49-37(45)27-14-18-29(40)19-15-27/h3,5-8,10-11,14-23,26,32-35H,4,9,12-13,24-25H2,1-2H3/b8-3-,23-22+/t32-,33+,34+,35-/m1/s1. The summed E-state index contributed by atoms with van der Waals surface area (Å²) < 4.78 is 54.5. The van der Waals surface area contributed by atoms with E-state index in [9.17, 15) is 14.4 Å². The first-order valence-corrected chi connectivity index (χ1v) is 18.0. The quantitative estimate of drug-likeness (QED) is 0.0616. The van der Waals surface area contributed by atoms with E-state index in [0.29, 0.717) is 36.1 Å². The van der Waals surface area contributed by atoms with Crippen molar-refractivity contribution >= 4 is 49.8 Å². The molecule has 0 heterocycles. The Balaban J connectivity index is 1.57. The monoisotopic (exact) mass is 816 g/mol. The Bertz CT molecular complexity index is 1610. The summed E-state index contributed by atoms with van der Waals surface area (Å²) in [6.07, 6.45) is 5.94. The van der Waals surface area contributed by atoms with E-state index in [2.05, 4.69) is 31.9 Å². The molecule has 0 spiro atoms. The topological polar surface area (TPSA) is 88.1 Å². The van der Waals surface area contributed by atoms with Crippen molar-refractivity contribution in [2.45, 2.75) is 70.2 Å². The Morgan fingerprint density at radius 1 is 0.840 bits per heavy atom. The van der Waals surface area contributed by atoms with Gasteiger partial charge in [-0.2, -0.15) is 8.78 Å². The highest BCUT2D eigenvalue weighted by molar-refractivity contribution is 9.10. The van der Waals surface area contributed by atoms with E-state index in [4.69, 9.17) is 18.9 Å². The molecule has 0 bridgehead atoms. The molecule has 50 heavy (non-hydrogen) atoms. The van der Waals surface area contributed by atoms with E-state index in [1.807, 2.05) is 12.2 Å². The molecule has 7 nitrogen and oxygen atoms in total. The van der Waals surface area contributed by atoms with Crippen LogP contribution in [0.5, 0.6) is 5.75 Å². The number of benzene rings is 3. The highest BCUT2D eigenvalue weighted by atomic mass is 79.9. The second-order valence-corrected chi connectivity index (χ2v) is 14.1. The highest BCUT2D eigenvalue weighted by Gasteiger charge is 2.46. The third-order valence-corrected chi connectivity index (χ3v) is 9.03. The normalized spacial score (nSPS) is 19.2. The van der Waals surface area contributed by atoms with Crippen molar-refractivity contribution in [1.29, 1.82) is 0 Å². The minimum Gasteiger partial charge on any atom is -0.487 e. The number of para-hydroxylation sites is 1. The first kappa shape index (κ1) is 39.0. The van der Waals surface area contributed by atoms with Crippen molar-refractivity contribution in [3.63, 3.8) is 0 Å². The van der Waals surface area contributed by atoms with E-state index in [1.165, 1.54) is 6.08 Å². The molecule has 0 unspecified atom stereocenters. The summed E-state index contributed by atoms with van der Waals surface area (Å²) in [7, 11) is 0. The molecular formula is C39H40Br2F2O7. The number of halogens is 4. The molecule has 4 atom stereocenters. The maximum absolute atomic E-state index is 15.2. The largest absolute Gasteiger partial charge is 0.487 e. The molecule has 11 heteroatoms. The van der Waals surface area contributed by atoms with Gasteiger partial charge in [-0.05, 0) is 99.8 Å². The van der Waals surface area contributed by atoms with Crippen LogP contribution < -0.4 is 4.74 Å². The van der Waals surface area contributed by atoms with Gasteiger partial charge in [0.15, 0.2) is 6.61 Å². The van der Waals surface area contributed by atoms with Crippen LogP contribution in [-0.2, 0) is 19.0 Å². The zero-order valence-corrected chi connectivity index (χ0v) is 31.0. The molecule has 1 fully saturated rings. The van der Waals surface area contributed by atoms with Gasteiger partial charge >= 0.3 is 17.9 Å². The number of alkyl halides is 2. The predicted molar refractivity (Wildman–Crippen MR) is 193 cm³/mol. The lowest BCUT2D eigenvalue weighted by molar-refractivity contribution is -0.147. The molecule has 0 radical (unpaired) electrons. The number of carbonyl (C=O) groups excluding carboxylic acids is 3. The second-order valence-electron chi connectivity index (χ2n) is 12.2. The summed E-state index contributed by atoms with van der Waals surface area (Å²) in [5, 5.41) is 0. The first-order valence-electron chi connectivity index (χ1n) is 16.4. The SMILES string of the molecule is CC(C)OC(=O)CCC/C=C\C[C@@H]1[C@H](/C=C/C(F)(F)COc2ccccc2)[C@H](OC(=O)c2ccc(Br)cc2)C[C@@H]1OC(=O)c1ccc(Br)cc1. The Morgan fingerprint density at radius 2 is 1.42 bits per heavy atom. The zero-order chi connectivity index (χ0) is 36.1. The van der Waals surface area contributed by atoms with E-state index < -0.39 is 48.5 Å². The van der Waals surface area contributed by atoms with Gasteiger partial charge in [-0.15, -0.1) is 0 Å². The summed E-state index contributed by atoms with van der Waals surface area (Å²) >= 11 is 6.72. The summed E-state index contributed by atoms with van der Waals surface area (Å²) in [6.45, 7) is 2.69. The molecule has 1 aliphatic rings. The third-order valence-electron chi connectivity index (χ3n) is 7.97. The minimum atomic E-state index is -3.35. The number of unbranched alkanes of at least 4 members (excludes halogenated alkanes) is 1. The number of carbonyl (C=O) groups is 3. The fourth-order valence-electron chi connectivity index (χ4n) is 5.56. The van der Waals surface area contributed by atoms with Gasteiger partial charge < -0.3 is 18.9 Å². The molecule has 0 aliphatic heterocycles. The number of hydrogen-bond acceptors (Lipinski definition) is 7. The molecule has 3 aromatic carbocycles. The van der Waals surface area contributed by atoms with E-state index in [1.54, 1.807) is 92.7 Å². The minimum absolute atomic E-state index is 0.102. The van der Waals surface area contributed by atoms with Gasteiger partial charge in [0.25, 0.3) is 5.92 Å². The van der Waals surface area contributed by atoms with Gasteiger partial charge in [-0.1, -0.05) is 68.3 Å². The van der Waals surface area contributed by atoms with Crippen LogP contribution in [0.3, 0.4) is 0 Å². The van der Waals surface area contributed by atoms with Crippen molar-refractivity contribution in [2.75, 3.05) is 6.61 Å². The number of rotatable bonds is 16. The predicted octanol–water partition coefficient (Wildman–Crippen LogP) is 9.94. The molecule has 0 amide bonds. The first-order chi connectivity index (χ1) is 23.9. The van der Waals surface area contributed by atoms with Gasteiger partial charge in [0, 0.05) is 33.6 Å². The molecule has 4 rings (SSSR count). The van der Waals surface area contributed by atoms with Crippen LogP contribution in [0.15, 0.2) is 112 Å². The summed E-state index contributed by atoms with van der Waals surface area (Å²) in [5.74, 6) is -5.77. The lowest BCUT2D eigenvalue weighted by Crippen LogP contribution is -2.28. The molecule has 266 valence electrons. The molecular weight excluding hydrogens is 778 g/mol. The molecule has 3 aromatic rings. The number of esters is 3. The second kappa shape index (κ2) is 19.0. The lowest BCUT2D eigenvalue weighted by atomic mass is 9.89. The van der Waals surface area contributed by atoms with E-state index in [0.717, 1.165) is 15.0 Å². The van der Waals surface area contributed by atoms with Gasteiger partial charge in [0.2, 0.25) is 0 Å². The van der Waals surface area contributed by atoms with Crippen LogP contribution in [0.25, 0.3) is 0 Å². The highest BCUT2D eigenvalue weighted by Crippen LogP contribution is 2.41. The average molecular weight is 819 g/mol. The van der Waals surface area contributed by atoms with Crippen LogP contribution >= 0.6 is 31.9 Å². The third kappa shape index (κ3) is 12.5. The molecule has 1 aliphatic carbocycles. The van der Waals surface area contributed by atoms with Crippen molar-refractivity contribution < 1.29 is 42.1 Å². The van der Waals surface area contributed by atoms with Crippen molar-refractivity contribution in [2.24, 2.45) is 11.8 Å². The number of allylic oxidation sites excluding steroid dienone is 2. The fraction of sp³-hybridized carbons (Fsp3) is 0.359. The maximum Gasteiger partial charge on any atom is 0.338 e. The van der Waals surface area contributed by atoms with Gasteiger partial charge in [0.05, 0.1) is 17.2 Å². The van der Waals surface area contributed by atoms with Crippen LogP contribution in [0.1, 0.15) is 66.7 Å². The number of ether oxygens (including phenoxy) is 4. The van der Waals surface area contributed by atoms with Gasteiger partial charge in [-0.3, -0.25) is 4.79 Å². The van der Waals surface area contributed by atoms with Crippen molar-refractivity contribution in [3.05, 3.63) is 123 Å². The van der Waals surface area contributed by atoms with Crippen molar-refractivity contribution in [3.8, 4) is 5.75 Å². The lowest BCUT2D eigenvalue weighted by Gasteiger charge is -2.24. The van der Waals surface area contributed by atoms with Gasteiger partial charge in [-0.25, -0.2) is 9.59 Å². The Kier molecular flexibility index (Phi) is 14.8. The van der Waals surface area contributed by atoms with Crippen molar-refractivity contribution in [1.82, 2.24) is 0 Å².